The summed E-state index contributed by atoms with van der Waals surface area (Å²) in [5.41, 5.74) is 5.60. The number of nitrogens with two attached hydrogens (primary N) is 1. The van der Waals surface area contributed by atoms with Gasteiger partial charge in [0.1, 0.15) is 0 Å². The van der Waals surface area contributed by atoms with E-state index < -0.39 is 0 Å². The molecule has 2 unspecified atom stereocenters. The van der Waals surface area contributed by atoms with E-state index in [-0.39, 0.29) is 6.04 Å². The molecule has 5 nitrogen and oxygen atoms in total. The van der Waals surface area contributed by atoms with Crippen molar-refractivity contribution in [2.45, 2.75) is 26.8 Å². The van der Waals surface area contributed by atoms with Gasteiger partial charge in [-0.2, -0.15) is 4.98 Å². The molecule has 1 aromatic rings. The molecule has 0 saturated heterocycles. The first kappa shape index (κ1) is 12.7. The normalized spacial score (nSPS) is 14.2. The van der Waals surface area contributed by atoms with Crippen LogP contribution in [0.4, 0.5) is 5.95 Å². The Morgan fingerprint density at radius 3 is 2.88 bits per heavy atom. The van der Waals surface area contributed by atoms with Crippen molar-refractivity contribution >= 4 is 5.95 Å². The van der Waals surface area contributed by atoms with E-state index in [1.165, 1.54) is 0 Å². The van der Waals surface area contributed by atoms with Crippen molar-refractivity contribution in [3.8, 4) is 5.88 Å². The Hall–Kier alpha value is -1.36. The van der Waals surface area contributed by atoms with Crippen LogP contribution >= 0.6 is 0 Å². The van der Waals surface area contributed by atoms with Crippen molar-refractivity contribution in [3.63, 3.8) is 0 Å². The minimum Gasteiger partial charge on any atom is -0.478 e. The van der Waals surface area contributed by atoms with Gasteiger partial charge in [0, 0.05) is 18.3 Å². The van der Waals surface area contributed by atoms with Crippen LogP contribution in [0, 0.1) is 5.92 Å². The average Bonchev–Trinajstić information content (AvgIpc) is 2.29. The van der Waals surface area contributed by atoms with E-state index in [9.17, 15) is 0 Å². The molecular formula is C11H20N4O. The molecule has 0 aromatic carbocycles. The number of anilines is 1. The standard InChI is InChI=1S/C11H20N4O/c1-4-16-10-5-6-13-11(15-10)14-9(3)8(2)7-12/h5-6,8-9H,4,7,12H2,1-3H3,(H,13,14,15). The van der Waals surface area contributed by atoms with Crippen LogP contribution in [-0.2, 0) is 0 Å². The third kappa shape index (κ3) is 3.66. The second-order valence-corrected chi connectivity index (χ2v) is 3.80. The zero-order valence-corrected chi connectivity index (χ0v) is 10.1. The van der Waals surface area contributed by atoms with E-state index in [4.69, 9.17) is 10.5 Å². The molecule has 5 heteroatoms. The quantitative estimate of drug-likeness (QED) is 0.761. The Bertz CT molecular complexity index is 319. The molecule has 2 atom stereocenters. The molecule has 1 aromatic heterocycles. The van der Waals surface area contributed by atoms with Gasteiger partial charge in [-0.25, -0.2) is 4.98 Å². The van der Waals surface area contributed by atoms with Gasteiger partial charge in [0.25, 0.3) is 0 Å². The van der Waals surface area contributed by atoms with Crippen molar-refractivity contribution in [2.24, 2.45) is 11.7 Å². The molecule has 0 aliphatic rings. The summed E-state index contributed by atoms with van der Waals surface area (Å²) in [7, 11) is 0. The lowest BCUT2D eigenvalue weighted by molar-refractivity contribution is 0.326. The van der Waals surface area contributed by atoms with Gasteiger partial charge in [-0.1, -0.05) is 6.92 Å². The van der Waals surface area contributed by atoms with Gasteiger partial charge >= 0.3 is 0 Å². The summed E-state index contributed by atoms with van der Waals surface area (Å²) >= 11 is 0. The van der Waals surface area contributed by atoms with Crippen LogP contribution in [0.1, 0.15) is 20.8 Å². The van der Waals surface area contributed by atoms with E-state index in [1.807, 2.05) is 6.92 Å². The minimum absolute atomic E-state index is 0.238. The second kappa shape index (κ2) is 6.27. The Balaban J connectivity index is 2.62. The first-order valence-electron chi connectivity index (χ1n) is 5.59. The predicted octanol–water partition coefficient (Wildman–Crippen LogP) is 1.27. The van der Waals surface area contributed by atoms with Gasteiger partial charge < -0.3 is 15.8 Å². The lowest BCUT2D eigenvalue weighted by Crippen LogP contribution is -2.30. The summed E-state index contributed by atoms with van der Waals surface area (Å²) in [6.45, 7) is 7.32. The van der Waals surface area contributed by atoms with E-state index >= 15 is 0 Å². The van der Waals surface area contributed by atoms with Crippen molar-refractivity contribution in [1.29, 1.82) is 0 Å². The number of nitrogens with zero attached hydrogens (tertiary/aromatic N) is 2. The molecule has 0 saturated carbocycles. The molecule has 0 spiro atoms. The first-order valence-corrected chi connectivity index (χ1v) is 5.59. The lowest BCUT2D eigenvalue weighted by Gasteiger charge is -2.19. The maximum Gasteiger partial charge on any atom is 0.226 e. The molecule has 0 bridgehead atoms. The molecule has 1 heterocycles. The Morgan fingerprint density at radius 1 is 1.50 bits per heavy atom. The molecule has 0 aliphatic heterocycles. The molecule has 0 amide bonds. The summed E-state index contributed by atoms with van der Waals surface area (Å²) in [5, 5.41) is 3.21. The van der Waals surface area contributed by atoms with Gasteiger partial charge in [-0.3, -0.25) is 0 Å². The van der Waals surface area contributed by atoms with Crippen molar-refractivity contribution in [2.75, 3.05) is 18.5 Å². The molecule has 16 heavy (non-hydrogen) atoms. The summed E-state index contributed by atoms with van der Waals surface area (Å²) in [6, 6.07) is 1.98. The van der Waals surface area contributed by atoms with E-state index in [2.05, 4.69) is 29.1 Å². The van der Waals surface area contributed by atoms with Gasteiger partial charge in [-0.15, -0.1) is 0 Å². The van der Waals surface area contributed by atoms with Crippen LogP contribution in [0.15, 0.2) is 12.3 Å². The second-order valence-electron chi connectivity index (χ2n) is 3.80. The smallest absolute Gasteiger partial charge is 0.226 e. The highest BCUT2D eigenvalue weighted by Crippen LogP contribution is 2.11. The minimum atomic E-state index is 0.238. The Kier molecular flexibility index (Phi) is 4.98. The van der Waals surface area contributed by atoms with Gasteiger partial charge in [0.05, 0.1) is 6.61 Å². The molecule has 90 valence electrons. The van der Waals surface area contributed by atoms with Crippen molar-refractivity contribution < 1.29 is 4.74 Å². The average molecular weight is 224 g/mol. The lowest BCUT2D eigenvalue weighted by atomic mass is 10.0. The topological polar surface area (TPSA) is 73.1 Å². The Morgan fingerprint density at radius 2 is 2.25 bits per heavy atom. The maximum atomic E-state index is 5.60. The van der Waals surface area contributed by atoms with Crippen molar-refractivity contribution in [1.82, 2.24) is 9.97 Å². The number of aromatic nitrogens is 2. The summed E-state index contributed by atoms with van der Waals surface area (Å²) in [4.78, 5) is 8.37. The van der Waals surface area contributed by atoms with Crippen LogP contribution in [0.5, 0.6) is 5.88 Å². The molecule has 0 fully saturated rings. The fourth-order valence-corrected chi connectivity index (χ4v) is 1.19. The van der Waals surface area contributed by atoms with Crippen LogP contribution in [0.3, 0.4) is 0 Å². The molecule has 3 N–H and O–H groups in total. The van der Waals surface area contributed by atoms with Crippen LogP contribution < -0.4 is 15.8 Å². The van der Waals surface area contributed by atoms with E-state index in [0.717, 1.165) is 0 Å². The van der Waals surface area contributed by atoms with Crippen LogP contribution in [0.2, 0.25) is 0 Å². The highest BCUT2D eigenvalue weighted by molar-refractivity contribution is 5.28. The summed E-state index contributed by atoms with van der Waals surface area (Å²) in [6.07, 6.45) is 1.68. The third-order valence-electron chi connectivity index (χ3n) is 2.50. The summed E-state index contributed by atoms with van der Waals surface area (Å²) in [5.74, 6) is 1.55. The highest BCUT2D eigenvalue weighted by Gasteiger charge is 2.11. The van der Waals surface area contributed by atoms with E-state index in [0.29, 0.717) is 30.9 Å². The zero-order chi connectivity index (χ0) is 12.0. The molecule has 0 aliphatic carbocycles. The van der Waals surface area contributed by atoms with Gasteiger partial charge in [-0.05, 0) is 26.3 Å². The molecule has 0 radical (unpaired) electrons. The Labute approximate surface area is 96.4 Å². The number of nitrogens with one attached hydrogen (secondary N) is 1. The predicted molar refractivity (Wildman–Crippen MR) is 64.5 cm³/mol. The SMILES string of the molecule is CCOc1ccnc(NC(C)C(C)CN)n1. The molecule has 1 rings (SSSR count). The summed E-state index contributed by atoms with van der Waals surface area (Å²) < 4.78 is 5.30. The molecular weight excluding hydrogens is 204 g/mol. The van der Waals surface area contributed by atoms with E-state index in [1.54, 1.807) is 12.3 Å². The number of hydrogen-bond donors (Lipinski definition) is 2. The fraction of sp³-hybridized carbons (Fsp3) is 0.636. The largest absolute Gasteiger partial charge is 0.478 e. The number of rotatable bonds is 6. The highest BCUT2D eigenvalue weighted by atomic mass is 16.5. The third-order valence-corrected chi connectivity index (χ3v) is 2.50. The number of ether oxygens (including phenoxy) is 1. The number of hydrogen-bond acceptors (Lipinski definition) is 5. The van der Waals surface area contributed by atoms with Crippen LogP contribution in [-0.4, -0.2) is 29.2 Å². The zero-order valence-electron chi connectivity index (χ0n) is 10.1. The maximum absolute atomic E-state index is 5.60. The van der Waals surface area contributed by atoms with Gasteiger partial charge in [0.2, 0.25) is 11.8 Å². The monoisotopic (exact) mass is 224 g/mol. The first-order chi connectivity index (χ1) is 7.67. The fourth-order valence-electron chi connectivity index (χ4n) is 1.19. The van der Waals surface area contributed by atoms with Gasteiger partial charge in [0.15, 0.2) is 0 Å². The van der Waals surface area contributed by atoms with Crippen LogP contribution in [0.25, 0.3) is 0 Å². The van der Waals surface area contributed by atoms with Crippen molar-refractivity contribution in [3.05, 3.63) is 12.3 Å².